The number of hydrogen-bond acceptors (Lipinski definition) is 5. The molecule has 0 radical (unpaired) electrons. The van der Waals surface area contributed by atoms with Crippen molar-refractivity contribution in [2.75, 3.05) is 40.3 Å². The molecule has 3 aromatic rings. The highest BCUT2D eigenvalue weighted by Crippen LogP contribution is 2.23. The number of rotatable bonds is 10. The van der Waals surface area contributed by atoms with E-state index >= 15 is 0 Å². The van der Waals surface area contributed by atoms with E-state index in [2.05, 4.69) is 45.9 Å². The maximum Gasteiger partial charge on any atom is 0.251 e. The van der Waals surface area contributed by atoms with Gasteiger partial charge >= 0.3 is 0 Å². The molecule has 2 N–H and O–H groups in total. The van der Waals surface area contributed by atoms with Gasteiger partial charge in [-0.25, -0.2) is 0 Å². The summed E-state index contributed by atoms with van der Waals surface area (Å²) in [4.78, 5) is 27.7. The third kappa shape index (κ3) is 6.29. The van der Waals surface area contributed by atoms with Gasteiger partial charge in [-0.15, -0.1) is 0 Å². The molecule has 1 saturated heterocycles. The highest BCUT2D eigenvalue weighted by molar-refractivity contribution is 6.06. The first-order chi connectivity index (χ1) is 17.1. The molecule has 1 aliphatic heterocycles. The van der Waals surface area contributed by atoms with Gasteiger partial charge in [0.15, 0.2) is 0 Å². The van der Waals surface area contributed by atoms with Gasteiger partial charge in [0.05, 0.1) is 18.2 Å². The number of pyridine rings is 1. The second kappa shape index (κ2) is 12.0. The van der Waals surface area contributed by atoms with E-state index in [1.807, 2.05) is 18.2 Å². The van der Waals surface area contributed by atoms with E-state index in [-0.39, 0.29) is 11.5 Å². The smallest absolute Gasteiger partial charge is 0.251 e. The Morgan fingerprint density at radius 2 is 1.83 bits per heavy atom. The molecule has 0 spiro atoms. The first-order valence-corrected chi connectivity index (χ1v) is 12.5. The van der Waals surface area contributed by atoms with Crippen molar-refractivity contribution in [2.24, 2.45) is 0 Å². The molecule has 1 aliphatic rings. The fraction of sp³-hybridized carbons (Fsp3) is 0.429. The highest BCUT2D eigenvalue weighted by Gasteiger charge is 2.20. The van der Waals surface area contributed by atoms with Crippen LogP contribution in [0, 0.1) is 0 Å². The van der Waals surface area contributed by atoms with Crippen LogP contribution in [0.5, 0.6) is 5.75 Å². The third-order valence-electron chi connectivity index (χ3n) is 6.94. The van der Waals surface area contributed by atoms with Crippen LogP contribution >= 0.6 is 0 Å². The number of likely N-dealkylation sites (tertiary alicyclic amines) is 1. The first-order valence-electron chi connectivity index (χ1n) is 12.5. The number of benzene rings is 2. The minimum atomic E-state index is -0.261. The minimum absolute atomic E-state index is 0.167. The average Bonchev–Trinajstić information content (AvgIpc) is 2.90. The van der Waals surface area contributed by atoms with Crippen LogP contribution < -0.4 is 20.9 Å². The van der Waals surface area contributed by atoms with Gasteiger partial charge in [-0.2, -0.15) is 0 Å². The maximum absolute atomic E-state index is 13.0. The first kappa shape index (κ1) is 24.9. The zero-order valence-corrected chi connectivity index (χ0v) is 20.8. The second-order valence-corrected chi connectivity index (χ2v) is 9.17. The van der Waals surface area contributed by atoms with E-state index in [1.54, 1.807) is 18.7 Å². The van der Waals surface area contributed by atoms with E-state index < -0.39 is 0 Å². The molecule has 0 unspecified atom stereocenters. The number of ether oxygens (including phenoxy) is 1. The fourth-order valence-corrected chi connectivity index (χ4v) is 4.89. The number of carbonyl (C=O) groups is 1. The van der Waals surface area contributed by atoms with Crippen molar-refractivity contribution in [3.63, 3.8) is 0 Å². The van der Waals surface area contributed by atoms with E-state index in [4.69, 9.17) is 4.74 Å². The number of nitrogens with one attached hydrogen (secondary N) is 2. The van der Waals surface area contributed by atoms with Crippen molar-refractivity contribution < 1.29 is 9.53 Å². The van der Waals surface area contributed by atoms with Crippen molar-refractivity contribution >= 4 is 16.8 Å². The molecule has 1 fully saturated rings. The van der Waals surface area contributed by atoms with E-state index in [0.29, 0.717) is 23.9 Å². The summed E-state index contributed by atoms with van der Waals surface area (Å²) < 4.78 is 7.14. The second-order valence-electron chi connectivity index (χ2n) is 9.17. The van der Waals surface area contributed by atoms with Crippen LogP contribution in [0.2, 0.25) is 0 Å². The lowest BCUT2D eigenvalue weighted by Gasteiger charge is -2.32. The predicted octanol–water partition coefficient (Wildman–Crippen LogP) is 3.06. The fourth-order valence-electron chi connectivity index (χ4n) is 4.89. The molecule has 0 aliphatic carbocycles. The van der Waals surface area contributed by atoms with Gasteiger partial charge < -0.3 is 24.8 Å². The van der Waals surface area contributed by atoms with Crippen LogP contribution in [0.3, 0.4) is 0 Å². The average molecular weight is 477 g/mol. The zero-order valence-electron chi connectivity index (χ0n) is 20.8. The number of fused-ring (bicyclic) bond motifs is 1. The lowest BCUT2D eigenvalue weighted by Crippen LogP contribution is -2.44. The summed E-state index contributed by atoms with van der Waals surface area (Å²) in [5, 5.41) is 7.10. The quantitative estimate of drug-likeness (QED) is 0.440. The summed E-state index contributed by atoms with van der Waals surface area (Å²) in [6, 6.07) is 18.2. The van der Waals surface area contributed by atoms with Gasteiger partial charge in [-0.05, 0) is 63.0 Å². The van der Waals surface area contributed by atoms with Crippen molar-refractivity contribution in [3.05, 3.63) is 76.1 Å². The van der Waals surface area contributed by atoms with Gasteiger partial charge in [0, 0.05) is 43.7 Å². The normalized spacial score (nSPS) is 14.8. The molecule has 0 saturated carbocycles. The number of aryl methyl sites for hydroxylation is 1. The van der Waals surface area contributed by atoms with Crippen LogP contribution in [-0.4, -0.2) is 61.8 Å². The number of methoxy groups -OCH3 is 1. The van der Waals surface area contributed by atoms with Crippen LogP contribution in [0.1, 0.15) is 35.2 Å². The van der Waals surface area contributed by atoms with E-state index in [9.17, 15) is 9.59 Å². The SMILES string of the molecule is CNC(=O)c1cc(=O)n(CCN2CCC(NCCCc3ccccc3)CC2)c2cc(OC)ccc12. The molecule has 186 valence electrons. The largest absolute Gasteiger partial charge is 0.497 e. The number of piperidine rings is 1. The van der Waals surface area contributed by atoms with Crippen LogP contribution in [0.4, 0.5) is 0 Å². The lowest BCUT2D eigenvalue weighted by atomic mass is 10.0. The topological polar surface area (TPSA) is 75.6 Å². The van der Waals surface area contributed by atoms with Gasteiger partial charge in [-0.1, -0.05) is 30.3 Å². The van der Waals surface area contributed by atoms with Crippen molar-refractivity contribution in [1.29, 1.82) is 0 Å². The Kier molecular flexibility index (Phi) is 8.55. The standard InChI is InChI=1S/C28H36N4O3/c1-29-28(34)25-20-27(33)32(26-19-23(35-2)10-11-24(25)26)18-17-31-15-12-22(13-16-31)30-14-6-9-21-7-4-3-5-8-21/h3-5,7-8,10-11,19-20,22,30H,6,9,12-18H2,1-2H3,(H,29,34). The molecular formula is C28H36N4O3. The zero-order chi connectivity index (χ0) is 24.6. The molecule has 2 aromatic carbocycles. The molecule has 0 atom stereocenters. The number of hydrogen-bond donors (Lipinski definition) is 2. The van der Waals surface area contributed by atoms with Gasteiger partial charge in [0.2, 0.25) is 0 Å². The van der Waals surface area contributed by atoms with Gasteiger partial charge in [0.25, 0.3) is 11.5 Å². The van der Waals surface area contributed by atoms with Crippen LogP contribution in [0.25, 0.3) is 10.9 Å². The Morgan fingerprint density at radius 1 is 1.06 bits per heavy atom. The van der Waals surface area contributed by atoms with Crippen molar-refractivity contribution in [1.82, 2.24) is 20.1 Å². The minimum Gasteiger partial charge on any atom is -0.497 e. The summed E-state index contributed by atoms with van der Waals surface area (Å²) in [5.41, 5.74) is 2.35. The molecule has 0 bridgehead atoms. The summed E-state index contributed by atoms with van der Waals surface area (Å²) in [5.74, 6) is 0.404. The Bertz CT molecular complexity index is 1180. The summed E-state index contributed by atoms with van der Waals surface area (Å²) >= 11 is 0. The molecule has 4 rings (SSSR count). The van der Waals surface area contributed by atoms with Crippen LogP contribution in [0.15, 0.2) is 59.4 Å². The van der Waals surface area contributed by atoms with Gasteiger partial charge in [-0.3, -0.25) is 9.59 Å². The third-order valence-corrected chi connectivity index (χ3v) is 6.94. The lowest BCUT2D eigenvalue weighted by molar-refractivity contribution is 0.0964. The number of aromatic nitrogens is 1. The highest BCUT2D eigenvalue weighted by atomic mass is 16.5. The Labute approximate surface area is 207 Å². The molecule has 7 heteroatoms. The molecule has 2 heterocycles. The molecule has 7 nitrogen and oxygen atoms in total. The molecule has 35 heavy (non-hydrogen) atoms. The molecular weight excluding hydrogens is 440 g/mol. The Hall–Kier alpha value is -3.16. The summed E-state index contributed by atoms with van der Waals surface area (Å²) in [6.45, 7) is 4.45. The van der Waals surface area contributed by atoms with Crippen molar-refractivity contribution in [2.45, 2.75) is 38.3 Å². The summed E-state index contributed by atoms with van der Waals surface area (Å²) in [6.07, 6.45) is 4.49. The molecule has 1 aromatic heterocycles. The number of nitrogens with zero attached hydrogens (tertiary/aromatic N) is 2. The Morgan fingerprint density at radius 3 is 2.54 bits per heavy atom. The molecule has 1 amide bonds. The van der Waals surface area contributed by atoms with E-state index in [0.717, 1.165) is 62.8 Å². The predicted molar refractivity (Wildman–Crippen MR) is 140 cm³/mol. The monoisotopic (exact) mass is 476 g/mol. The number of carbonyl (C=O) groups excluding carboxylic acids is 1. The van der Waals surface area contributed by atoms with E-state index in [1.165, 1.54) is 11.6 Å². The van der Waals surface area contributed by atoms with Crippen molar-refractivity contribution in [3.8, 4) is 5.75 Å². The summed E-state index contributed by atoms with van der Waals surface area (Å²) in [7, 11) is 3.18. The Balaban J connectivity index is 1.32. The maximum atomic E-state index is 13.0. The number of amides is 1. The van der Waals surface area contributed by atoms with Crippen LogP contribution in [-0.2, 0) is 13.0 Å². The van der Waals surface area contributed by atoms with Gasteiger partial charge in [0.1, 0.15) is 5.75 Å².